The highest BCUT2D eigenvalue weighted by molar-refractivity contribution is 5.94. The first-order valence-electron chi connectivity index (χ1n) is 11.7. The van der Waals surface area contributed by atoms with Gasteiger partial charge in [0.2, 0.25) is 0 Å². The Hall–Kier alpha value is -2.86. The number of nitrogens with zero attached hydrogens (tertiary/aromatic N) is 3. The molecule has 2 aromatic heterocycles. The predicted octanol–water partition coefficient (Wildman–Crippen LogP) is 4.39. The molecule has 1 aliphatic rings. The number of amides is 1. The second-order valence-electron chi connectivity index (χ2n) is 8.88. The van der Waals surface area contributed by atoms with Crippen molar-refractivity contribution in [3.8, 4) is 5.75 Å². The molecule has 0 saturated carbocycles. The van der Waals surface area contributed by atoms with Gasteiger partial charge in [-0.15, -0.1) is 0 Å². The number of aromatic nitrogens is 2. The second kappa shape index (κ2) is 10.2. The fourth-order valence-corrected chi connectivity index (χ4v) is 4.29. The van der Waals surface area contributed by atoms with Crippen LogP contribution in [0.15, 0.2) is 42.6 Å². The van der Waals surface area contributed by atoms with Gasteiger partial charge in [0.1, 0.15) is 11.4 Å². The fourth-order valence-electron chi connectivity index (χ4n) is 4.29. The van der Waals surface area contributed by atoms with E-state index in [1.54, 1.807) is 0 Å². The highest BCUT2D eigenvalue weighted by Crippen LogP contribution is 2.20. The van der Waals surface area contributed by atoms with Gasteiger partial charge in [0.25, 0.3) is 5.91 Å². The largest absolute Gasteiger partial charge is 0.491 e. The van der Waals surface area contributed by atoms with Crippen LogP contribution in [0.1, 0.15) is 60.4 Å². The molecule has 0 aliphatic carbocycles. The lowest BCUT2D eigenvalue weighted by atomic mass is 10.1. The number of fused-ring (bicyclic) bond motifs is 1. The number of benzene rings is 1. The Balaban J connectivity index is 1.44. The number of piperidine rings is 1. The molecule has 0 atom stereocenters. The molecule has 0 unspecified atom stereocenters. The SMILES string of the molecule is Cc1cccn2c(CNCCc3ccc(OC(C)C)cc3)c(C(=O)N3CCCCC3)nc12. The van der Waals surface area contributed by atoms with Crippen LogP contribution in [-0.2, 0) is 13.0 Å². The number of aryl methyl sites for hydroxylation is 1. The van der Waals surface area contributed by atoms with Gasteiger partial charge in [-0.3, -0.25) is 4.79 Å². The first-order valence-corrected chi connectivity index (χ1v) is 11.7. The van der Waals surface area contributed by atoms with E-state index < -0.39 is 0 Å². The maximum absolute atomic E-state index is 13.3. The third kappa shape index (κ3) is 5.13. The van der Waals surface area contributed by atoms with Gasteiger partial charge in [-0.2, -0.15) is 0 Å². The summed E-state index contributed by atoms with van der Waals surface area (Å²) in [6, 6.07) is 12.3. The van der Waals surface area contributed by atoms with Crippen LogP contribution in [0.3, 0.4) is 0 Å². The van der Waals surface area contributed by atoms with E-state index in [1.807, 2.05) is 56.1 Å². The lowest BCUT2D eigenvalue weighted by molar-refractivity contribution is 0.0717. The molecule has 1 saturated heterocycles. The third-order valence-corrected chi connectivity index (χ3v) is 5.97. The summed E-state index contributed by atoms with van der Waals surface area (Å²) in [7, 11) is 0. The van der Waals surface area contributed by atoms with Crippen LogP contribution in [0.25, 0.3) is 5.65 Å². The van der Waals surface area contributed by atoms with Crippen molar-refractivity contribution in [1.82, 2.24) is 19.6 Å². The molecule has 1 aromatic carbocycles. The lowest BCUT2D eigenvalue weighted by Gasteiger charge is -2.26. The molecular formula is C26H34N4O2. The number of carbonyl (C=O) groups excluding carboxylic acids is 1. The van der Waals surface area contributed by atoms with E-state index in [-0.39, 0.29) is 12.0 Å². The summed E-state index contributed by atoms with van der Waals surface area (Å²) in [6.45, 7) is 9.19. The zero-order valence-electron chi connectivity index (χ0n) is 19.4. The van der Waals surface area contributed by atoms with E-state index in [0.29, 0.717) is 12.2 Å². The summed E-state index contributed by atoms with van der Waals surface area (Å²) in [6.07, 6.45) is 6.45. The van der Waals surface area contributed by atoms with Crippen LogP contribution in [0.2, 0.25) is 0 Å². The van der Waals surface area contributed by atoms with Gasteiger partial charge in [0.15, 0.2) is 5.69 Å². The molecule has 0 bridgehead atoms. The molecule has 3 aromatic rings. The Morgan fingerprint density at radius 1 is 1.12 bits per heavy atom. The molecule has 1 amide bonds. The van der Waals surface area contributed by atoms with Crippen LogP contribution in [0.4, 0.5) is 0 Å². The number of likely N-dealkylation sites (tertiary alicyclic amines) is 1. The van der Waals surface area contributed by atoms with Crippen molar-refractivity contribution >= 4 is 11.6 Å². The van der Waals surface area contributed by atoms with E-state index in [0.717, 1.165) is 61.6 Å². The van der Waals surface area contributed by atoms with Gasteiger partial charge in [0, 0.05) is 25.8 Å². The monoisotopic (exact) mass is 434 g/mol. The molecule has 1 N–H and O–H groups in total. The van der Waals surface area contributed by atoms with E-state index >= 15 is 0 Å². The minimum atomic E-state index is 0.0605. The number of hydrogen-bond donors (Lipinski definition) is 1. The summed E-state index contributed by atoms with van der Waals surface area (Å²) in [5.41, 5.74) is 4.73. The number of pyridine rings is 1. The van der Waals surface area contributed by atoms with Gasteiger partial charge in [0.05, 0.1) is 11.8 Å². The summed E-state index contributed by atoms with van der Waals surface area (Å²) < 4.78 is 7.79. The number of carbonyl (C=O) groups is 1. The number of hydrogen-bond acceptors (Lipinski definition) is 4. The maximum atomic E-state index is 13.3. The number of nitrogens with one attached hydrogen (secondary N) is 1. The predicted molar refractivity (Wildman–Crippen MR) is 127 cm³/mol. The zero-order valence-corrected chi connectivity index (χ0v) is 19.4. The Kier molecular flexibility index (Phi) is 7.10. The van der Waals surface area contributed by atoms with Crippen molar-refractivity contribution in [1.29, 1.82) is 0 Å². The third-order valence-electron chi connectivity index (χ3n) is 5.97. The molecule has 3 heterocycles. The zero-order chi connectivity index (χ0) is 22.5. The molecule has 6 heteroatoms. The van der Waals surface area contributed by atoms with E-state index in [4.69, 9.17) is 9.72 Å². The average Bonchev–Trinajstić information content (AvgIpc) is 3.17. The Labute approximate surface area is 190 Å². The van der Waals surface area contributed by atoms with E-state index in [2.05, 4.69) is 21.9 Å². The minimum absolute atomic E-state index is 0.0605. The van der Waals surface area contributed by atoms with Crippen molar-refractivity contribution in [2.24, 2.45) is 0 Å². The van der Waals surface area contributed by atoms with Crippen molar-refractivity contribution in [2.75, 3.05) is 19.6 Å². The first-order chi connectivity index (χ1) is 15.5. The topological polar surface area (TPSA) is 58.9 Å². The number of rotatable bonds is 8. The van der Waals surface area contributed by atoms with Crippen molar-refractivity contribution in [2.45, 2.75) is 59.1 Å². The first kappa shape index (κ1) is 22.3. The molecule has 1 aliphatic heterocycles. The van der Waals surface area contributed by atoms with Crippen molar-refractivity contribution in [3.05, 3.63) is 65.1 Å². The van der Waals surface area contributed by atoms with Gasteiger partial charge in [-0.05, 0) is 82.3 Å². The van der Waals surface area contributed by atoms with E-state index in [9.17, 15) is 4.79 Å². The molecule has 0 radical (unpaired) electrons. The maximum Gasteiger partial charge on any atom is 0.274 e. The highest BCUT2D eigenvalue weighted by Gasteiger charge is 2.25. The minimum Gasteiger partial charge on any atom is -0.491 e. The molecule has 32 heavy (non-hydrogen) atoms. The number of imidazole rings is 1. The lowest BCUT2D eigenvalue weighted by Crippen LogP contribution is -2.36. The van der Waals surface area contributed by atoms with Gasteiger partial charge < -0.3 is 19.4 Å². The number of ether oxygens (including phenoxy) is 1. The summed E-state index contributed by atoms with van der Waals surface area (Å²) in [4.78, 5) is 20.0. The quantitative estimate of drug-likeness (QED) is 0.534. The van der Waals surface area contributed by atoms with Crippen LogP contribution < -0.4 is 10.1 Å². The fraction of sp³-hybridized carbons (Fsp3) is 0.462. The normalized spacial score (nSPS) is 14.3. The van der Waals surface area contributed by atoms with Crippen LogP contribution in [0.5, 0.6) is 5.75 Å². The van der Waals surface area contributed by atoms with Crippen LogP contribution >= 0.6 is 0 Å². The highest BCUT2D eigenvalue weighted by atomic mass is 16.5. The van der Waals surface area contributed by atoms with Gasteiger partial charge in [-0.1, -0.05) is 18.2 Å². The summed E-state index contributed by atoms with van der Waals surface area (Å²) in [5.74, 6) is 0.962. The molecular weight excluding hydrogens is 400 g/mol. The van der Waals surface area contributed by atoms with Crippen molar-refractivity contribution in [3.63, 3.8) is 0 Å². The summed E-state index contributed by atoms with van der Waals surface area (Å²) in [5, 5.41) is 3.53. The molecule has 1 fully saturated rings. The Morgan fingerprint density at radius 2 is 1.88 bits per heavy atom. The smallest absolute Gasteiger partial charge is 0.274 e. The van der Waals surface area contributed by atoms with Crippen molar-refractivity contribution < 1.29 is 9.53 Å². The van der Waals surface area contributed by atoms with Gasteiger partial charge in [-0.25, -0.2) is 4.98 Å². The molecule has 0 spiro atoms. The standard InChI is InChI=1S/C26H34N4O2/c1-19(2)32-22-11-9-21(10-12-22)13-14-27-18-23-24(26(31)29-15-5-4-6-16-29)28-25-20(3)8-7-17-30(23)25/h7-12,17,19,27H,4-6,13-16,18H2,1-3H3. The van der Waals surface area contributed by atoms with Crippen LogP contribution in [-0.4, -0.2) is 45.9 Å². The molecule has 170 valence electrons. The molecule has 4 rings (SSSR count). The molecule has 6 nitrogen and oxygen atoms in total. The average molecular weight is 435 g/mol. The summed E-state index contributed by atoms with van der Waals surface area (Å²) >= 11 is 0. The second-order valence-corrected chi connectivity index (χ2v) is 8.88. The van der Waals surface area contributed by atoms with Crippen LogP contribution in [0, 0.1) is 6.92 Å². The van der Waals surface area contributed by atoms with Gasteiger partial charge >= 0.3 is 0 Å². The Morgan fingerprint density at radius 3 is 2.59 bits per heavy atom. The Bertz CT molecular complexity index is 1050. The van der Waals surface area contributed by atoms with E-state index in [1.165, 1.54) is 12.0 Å².